The summed E-state index contributed by atoms with van der Waals surface area (Å²) < 4.78 is 0. The number of nitrogens with zero attached hydrogens (tertiary/aromatic N) is 2. The van der Waals surface area contributed by atoms with E-state index in [9.17, 15) is 4.79 Å². The molecule has 1 saturated carbocycles. The summed E-state index contributed by atoms with van der Waals surface area (Å²) in [6.07, 6.45) is 3.52. The van der Waals surface area contributed by atoms with Crippen LogP contribution in [0, 0.1) is 31.1 Å². The van der Waals surface area contributed by atoms with Crippen molar-refractivity contribution < 1.29 is 4.79 Å². The van der Waals surface area contributed by atoms with Crippen LogP contribution in [0.2, 0.25) is 0 Å². The smallest absolute Gasteiger partial charge is 0.270 e. The third-order valence-electron chi connectivity index (χ3n) is 3.83. The monoisotopic (exact) mass is 257 g/mol. The van der Waals surface area contributed by atoms with Gasteiger partial charge in [0.25, 0.3) is 5.91 Å². The highest BCUT2D eigenvalue weighted by Gasteiger charge is 2.22. The van der Waals surface area contributed by atoms with E-state index in [1.165, 1.54) is 0 Å². The molecule has 2 rings (SSSR count). The second kappa shape index (κ2) is 5.83. The molecule has 0 aliphatic heterocycles. The van der Waals surface area contributed by atoms with Crippen LogP contribution in [-0.4, -0.2) is 16.9 Å². The third-order valence-corrected chi connectivity index (χ3v) is 3.83. The van der Waals surface area contributed by atoms with Crippen LogP contribution < -0.4 is 5.32 Å². The zero-order valence-electron chi connectivity index (χ0n) is 11.4. The van der Waals surface area contributed by atoms with Crippen LogP contribution in [-0.2, 0) is 0 Å². The molecule has 1 aliphatic rings. The molecule has 0 spiro atoms. The first-order valence-electron chi connectivity index (χ1n) is 6.75. The van der Waals surface area contributed by atoms with Gasteiger partial charge in [-0.15, -0.1) is 0 Å². The zero-order chi connectivity index (χ0) is 13.8. The molecule has 4 nitrogen and oxygen atoms in total. The number of nitriles is 1. The lowest BCUT2D eigenvalue weighted by Gasteiger charge is -2.25. The normalized spacial score (nSPS) is 22.6. The van der Waals surface area contributed by atoms with Crippen molar-refractivity contribution in [1.29, 1.82) is 5.26 Å². The van der Waals surface area contributed by atoms with Gasteiger partial charge in [0.15, 0.2) is 0 Å². The first kappa shape index (κ1) is 13.5. The highest BCUT2D eigenvalue weighted by Crippen LogP contribution is 2.23. The number of hydrogen-bond acceptors (Lipinski definition) is 3. The number of nitrogens with one attached hydrogen (secondary N) is 1. The van der Waals surface area contributed by atoms with Crippen molar-refractivity contribution in [3.05, 3.63) is 29.1 Å². The summed E-state index contributed by atoms with van der Waals surface area (Å²) in [5.41, 5.74) is 2.46. The van der Waals surface area contributed by atoms with Crippen LogP contribution >= 0.6 is 0 Å². The van der Waals surface area contributed by atoms with Crippen molar-refractivity contribution in [2.45, 2.75) is 45.6 Å². The molecule has 1 N–H and O–H groups in total. The standard InChI is InChI=1S/C15H19N3O/c1-10-3-8-14(17-11(10)2)15(19)18-13-6-4-12(9-16)5-7-13/h3,8,12-13H,4-7H2,1-2H3,(H,18,19)/t12-,13-. The Balaban J connectivity index is 1.94. The maximum absolute atomic E-state index is 12.1. The fraction of sp³-hybridized carbons (Fsp3) is 0.533. The van der Waals surface area contributed by atoms with Gasteiger partial charge in [-0.05, 0) is 51.2 Å². The highest BCUT2D eigenvalue weighted by atomic mass is 16.1. The summed E-state index contributed by atoms with van der Waals surface area (Å²) >= 11 is 0. The van der Waals surface area contributed by atoms with E-state index >= 15 is 0 Å². The molecule has 0 bridgehead atoms. The zero-order valence-corrected chi connectivity index (χ0v) is 11.4. The molecule has 1 fully saturated rings. The lowest BCUT2D eigenvalue weighted by atomic mass is 9.87. The molecule has 0 atom stereocenters. The van der Waals surface area contributed by atoms with Gasteiger partial charge in [-0.25, -0.2) is 4.98 Å². The van der Waals surface area contributed by atoms with E-state index in [-0.39, 0.29) is 17.9 Å². The molecule has 0 radical (unpaired) electrons. The van der Waals surface area contributed by atoms with E-state index in [1.54, 1.807) is 6.07 Å². The van der Waals surface area contributed by atoms with Crippen molar-refractivity contribution in [2.24, 2.45) is 5.92 Å². The topological polar surface area (TPSA) is 65.8 Å². The molecular formula is C15H19N3O. The predicted molar refractivity (Wildman–Crippen MR) is 72.5 cm³/mol. The Morgan fingerprint density at radius 1 is 1.32 bits per heavy atom. The molecule has 1 aromatic heterocycles. The fourth-order valence-electron chi connectivity index (χ4n) is 2.38. The molecule has 0 aromatic carbocycles. The quantitative estimate of drug-likeness (QED) is 0.885. The largest absolute Gasteiger partial charge is 0.348 e. The summed E-state index contributed by atoms with van der Waals surface area (Å²) in [5.74, 6) is 0.0522. The third kappa shape index (κ3) is 3.31. The van der Waals surface area contributed by atoms with Crippen molar-refractivity contribution in [2.75, 3.05) is 0 Å². The minimum atomic E-state index is -0.108. The van der Waals surface area contributed by atoms with Gasteiger partial charge in [-0.2, -0.15) is 5.26 Å². The number of hydrogen-bond donors (Lipinski definition) is 1. The van der Waals surface area contributed by atoms with E-state index in [0.717, 1.165) is 36.9 Å². The Morgan fingerprint density at radius 2 is 2.00 bits per heavy atom. The molecule has 1 amide bonds. The van der Waals surface area contributed by atoms with Crippen molar-refractivity contribution >= 4 is 5.91 Å². The van der Waals surface area contributed by atoms with Gasteiger partial charge in [-0.1, -0.05) is 6.07 Å². The average Bonchev–Trinajstić information content (AvgIpc) is 2.42. The van der Waals surface area contributed by atoms with Crippen LogP contribution in [0.4, 0.5) is 0 Å². The predicted octanol–water partition coefficient (Wildman–Crippen LogP) is 2.51. The lowest BCUT2D eigenvalue weighted by molar-refractivity contribution is 0.0919. The Morgan fingerprint density at radius 3 is 2.58 bits per heavy atom. The van der Waals surface area contributed by atoms with Crippen molar-refractivity contribution in [3.63, 3.8) is 0 Å². The molecule has 100 valence electrons. The maximum Gasteiger partial charge on any atom is 0.270 e. The summed E-state index contributed by atoms with van der Waals surface area (Å²) in [7, 11) is 0. The van der Waals surface area contributed by atoms with Crippen molar-refractivity contribution in [3.8, 4) is 6.07 Å². The molecule has 4 heteroatoms. The molecule has 1 heterocycles. The SMILES string of the molecule is Cc1ccc(C(=O)N[C@H]2CC[C@H](C#N)CC2)nc1C. The first-order chi connectivity index (χ1) is 9.10. The minimum Gasteiger partial charge on any atom is -0.348 e. The van der Waals surface area contributed by atoms with Crippen LogP contribution in [0.5, 0.6) is 0 Å². The number of carbonyl (C=O) groups is 1. The van der Waals surface area contributed by atoms with Gasteiger partial charge in [0.05, 0.1) is 6.07 Å². The minimum absolute atomic E-state index is 0.108. The van der Waals surface area contributed by atoms with Crippen LogP contribution in [0.25, 0.3) is 0 Å². The highest BCUT2D eigenvalue weighted by molar-refractivity contribution is 5.92. The van der Waals surface area contributed by atoms with Gasteiger partial charge < -0.3 is 5.32 Å². The Kier molecular flexibility index (Phi) is 4.16. The van der Waals surface area contributed by atoms with Crippen LogP contribution in [0.15, 0.2) is 12.1 Å². The number of carbonyl (C=O) groups excluding carboxylic acids is 1. The van der Waals surface area contributed by atoms with Gasteiger partial charge in [-0.3, -0.25) is 4.79 Å². The van der Waals surface area contributed by atoms with E-state index in [0.29, 0.717) is 5.69 Å². The van der Waals surface area contributed by atoms with E-state index in [4.69, 9.17) is 5.26 Å². The molecule has 1 aromatic rings. The Labute approximate surface area is 113 Å². The molecule has 1 aliphatic carbocycles. The second-order valence-electron chi connectivity index (χ2n) is 5.25. The van der Waals surface area contributed by atoms with E-state index in [1.807, 2.05) is 19.9 Å². The van der Waals surface area contributed by atoms with Gasteiger partial charge in [0.2, 0.25) is 0 Å². The van der Waals surface area contributed by atoms with Crippen LogP contribution in [0.1, 0.15) is 47.4 Å². The number of amides is 1. The number of aryl methyl sites for hydroxylation is 2. The number of pyridine rings is 1. The average molecular weight is 257 g/mol. The summed E-state index contributed by atoms with van der Waals surface area (Å²) in [6.45, 7) is 3.89. The van der Waals surface area contributed by atoms with Crippen LogP contribution in [0.3, 0.4) is 0 Å². The molecular weight excluding hydrogens is 238 g/mol. The molecule has 0 saturated heterocycles. The Bertz CT molecular complexity index is 511. The fourth-order valence-corrected chi connectivity index (χ4v) is 2.38. The van der Waals surface area contributed by atoms with E-state index in [2.05, 4.69) is 16.4 Å². The van der Waals surface area contributed by atoms with E-state index < -0.39 is 0 Å². The summed E-state index contributed by atoms with van der Waals surface area (Å²) in [6, 6.07) is 6.16. The molecule has 19 heavy (non-hydrogen) atoms. The van der Waals surface area contributed by atoms with Crippen molar-refractivity contribution in [1.82, 2.24) is 10.3 Å². The van der Waals surface area contributed by atoms with Gasteiger partial charge in [0, 0.05) is 17.7 Å². The maximum atomic E-state index is 12.1. The lowest BCUT2D eigenvalue weighted by Crippen LogP contribution is -2.37. The second-order valence-corrected chi connectivity index (χ2v) is 5.25. The number of aromatic nitrogens is 1. The Hall–Kier alpha value is -1.89. The van der Waals surface area contributed by atoms with Gasteiger partial charge >= 0.3 is 0 Å². The summed E-state index contributed by atoms with van der Waals surface area (Å²) in [5, 5.41) is 11.9. The van der Waals surface area contributed by atoms with Gasteiger partial charge in [0.1, 0.15) is 5.69 Å². The molecule has 0 unspecified atom stereocenters. The first-order valence-corrected chi connectivity index (χ1v) is 6.75. The number of rotatable bonds is 2. The summed E-state index contributed by atoms with van der Waals surface area (Å²) in [4.78, 5) is 16.4.